The van der Waals surface area contributed by atoms with Gasteiger partial charge in [-0.05, 0) is 18.4 Å². The molecule has 1 aromatic rings. The molecule has 0 spiro atoms. The Balaban J connectivity index is 2.82. The number of carboxylic acid groups (broad SMARTS) is 1. The first kappa shape index (κ1) is 14.1. The first-order chi connectivity index (χ1) is 7.90. The molecule has 0 aliphatic heterocycles. The van der Waals surface area contributed by atoms with Crippen molar-refractivity contribution in [2.24, 2.45) is 5.92 Å². The number of carbonyl (C=O) groups is 1. The lowest BCUT2D eigenvalue weighted by Gasteiger charge is -2.17. The van der Waals surface area contributed by atoms with Crippen LogP contribution in [0.25, 0.3) is 0 Å². The standard InChI is InChI=1S/C11H14Cl2N2O2/c1-6(2)3-9(11(16)17)15-10-8(13)4-7(12)5-14-10/h4-6,9H,3H2,1-2H3,(H,14,15)(H,16,17). The Morgan fingerprint density at radius 1 is 1.53 bits per heavy atom. The van der Waals surface area contributed by atoms with E-state index in [-0.39, 0.29) is 5.92 Å². The number of nitrogens with one attached hydrogen (secondary N) is 1. The summed E-state index contributed by atoms with van der Waals surface area (Å²) in [7, 11) is 0. The highest BCUT2D eigenvalue weighted by Gasteiger charge is 2.20. The Kier molecular flexibility index (Phi) is 5.02. The number of nitrogens with zero attached hydrogens (tertiary/aromatic N) is 1. The minimum absolute atomic E-state index is 0.259. The highest BCUT2D eigenvalue weighted by molar-refractivity contribution is 6.36. The normalized spacial score (nSPS) is 12.5. The third kappa shape index (κ3) is 4.40. The number of hydrogen-bond donors (Lipinski definition) is 2. The van der Waals surface area contributed by atoms with Crippen LogP contribution in [0.3, 0.4) is 0 Å². The van der Waals surface area contributed by atoms with Crippen molar-refractivity contribution in [2.45, 2.75) is 26.3 Å². The van der Waals surface area contributed by atoms with Gasteiger partial charge >= 0.3 is 5.97 Å². The number of halogens is 2. The zero-order valence-electron chi connectivity index (χ0n) is 9.58. The van der Waals surface area contributed by atoms with E-state index in [4.69, 9.17) is 28.3 Å². The molecule has 0 aliphatic carbocycles. The number of anilines is 1. The van der Waals surface area contributed by atoms with E-state index in [1.165, 1.54) is 12.3 Å². The molecule has 0 radical (unpaired) electrons. The summed E-state index contributed by atoms with van der Waals surface area (Å²) in [6, 6.07) is 0.813. The van der Waals surface area contributed by atoms with Crippen molar-refractivity contribution >= 4 is 35.0 Å². The summed E-state index contributed by atoms with van der Waals surface area (Å²) >= 11 is 11.6. The Labute approximate surface area is 110 Å². The van der Waals surface area contributed by atoms with E-state index in [2.05, 4.69) is 10.3 Å². The predicted octanol–water partition coefficient (Wildman–Crippen LogP) is 3.30. The van der Waals surface area contributed by atoms with Crippen molar-refractivity contribution in [3.63, 3.8) is 0 Å². The van der Waals surface area contributed by atoms with Gasteiger partial charge in [-0.3, -0.25) is 0 Å². The number of hydrogen-bond acceptors (Lipinski definition) is 3. The fraction of sp³-hybridized carbons (Fsp3) is 0.455. The molecule has 4 nitrogen and oxygen atoms in total. The third-order valence-electron chi connectivity index (χ3n) is 2.12. The van der Waals surface area contributed by atoms with Gasteiger partial charge < -0.3 is 10.4 Å². The van der Waals surface area contributed by atoms with Crippen LogP contribution >= 0.6 is 23.2 Å². The van der Waals surface area contributed by atoms with Gasteiger partial charge in [-0.1, -0.05) is 37.0 Å². The summed E-state index contributed by atoms with van der Waals surface area (Å²) in [5.41, 5.74) is 0. The van der Waals surface area contributed by atoms with Crippen LogP contribution in [-0.2, 0) is 4.79 Å². The molecule has 94 valence electrons. The smallest absolute Gasteiger partial charge is 0.326 e. The van der Waals surface area contributed by atoms with Crippen LogP contribution in [0.15, 0.2) is 12.3 Å². The molecule has 1 unspecified atom stereocenters. The van der Waals surface area contributed by atoms with E-state index in [0.29, 0.717) is 22.3 Å². The maximum atomic E-state index is 11.1. The summed E-state index contributed by atoms with van der Waals surface area (Å²) in [5.74, 6) is -0.328. The molecule has 2 N–H and O–H groups in total. The monoisotopic (exact) mass is 276 g/mol. The van der Waals surface area contributed by atoms with E-state index in [9.17, 15) is 4.79 Å². The Hall–Kier alpha value is -1.00. The van der Waals surface area contributed by atoms with Crippen LogP contribution in [0.5, 0.6) is 0 Å². The van der Waals surface area contributed by atoms with Crippen molar-refractivity contribution in [3.05, 3.63) is 22.3 Å². The van der Waals surface area contributed by atoms with E-state index in [0.717, 1.165) is 0 Å². The molecule has 17 heavy (non-hydrogen) atoms. The number of aliphatic carboxylic acids is 1. The Morgan fingerprint density at radius 2 is 2.18 bits per heavy atom. The molecule has 0 aliphatic rings. The maximum absolute atomic E-state index is 11.1. The minimum Gasteiger partial charge on any atom is -0.480 e. The average molecular weight is 277 g/mol. The average Bonchev–Trinajstić information content (AvgIpc) is 2.19. The number of aromatic nitrogens is 1. The van der Waals surface area contributed by atoms with Gasteiger partial charge in [0.25, 0.3) is 0 Å². The van der Waals surface area contributed by atoms with E-state index in [1.54, 1.807) is 0 Å². The first-order valence-electron chi connectivity index (χ1n) is 5.20. The predicted molar refractivity (Wildman–Crippen MR) is 68.8 cm³/mol. The second-order valence-corrected chi connectivity index (χ2v) is 4.99. The lowest BCUT2D eigenvalue weighted by molar-refractivity contribution is -0.138. The number of pyridine rings is 1. The summed E-state index contributed by atoms with van der Waals surface area (Å²) in [4.78, 5) is 15.0. The quantitative estimate of drug-likeness (QED) is 0.866. The lowest BCUT2D eigenvalue weighted by atomic mass is 10.0. The number of carboxylic acids is 1. The molecule has 0 amide bonds. The second-order valence-electron chi connectivity index (χ2n) is 4.15. The molecule has 1 atom stereocenters. The van der Waals surface area contributed by atoms with Crippen LogP contribution in [0.4, 0.5) is 5.82 Å². The van der Waals surface area contributed by atoms with Crippen molar-refractivity contribution in [3.8, 4) is 0 Å². The minimum atomic E-state index is -0.925. The van der Waals surface area contributed by atoms with Gasteiger partial charge in [-0.25, -0.2) is 9.78 Å². The molecule has 0 saturated carbocycles. The molecule has 1 aromatic heterocycles. The van der Waals surface area contributed by atoms with Crippen molar-refractivity contribution < 1.29 is 9.90 Å². The van der Waals surface area contributed by atoms with Crippen LogP contribution in [-0.4, -0.2) is 22.1 Å². The largest absolute Gasteiger partial charge is 0.480 e. The van der Waals surface area contributed by atoms with Crippen molar-refractivity contribution in [2.75, 3.05) is 5.32 Å². The topological polar surface area (TPSA) is 62.2 Å². The summed E-state index contributed by atoms with van der Waals surface area (Å²) < 4.78 is 0. The highest BCUT2D eigenvalue weighted by atomic mass is 35.5. The second kappa shape index (κ2) is 6.07. The molecular formula is C11H14Cl2N2O2. The highest BCUT2D eigenvalue weighted by Crippen LogP contribution is 2.24. The van der Waals surface area contributed by atoms with E-state index >= 15 is 0 Å². The van der Waals surface area contributed by atoms with E-state index < -0.39 is 12.0 Å². The SMILES string of the molecule is CC(C)CC(Nc1ncc(Cl)cc1Cl)C(=O)O. The summed E-state index contributed by atoms with van der Waals surface area (Å²) in [6.45, 7) is 3.91. The summed E-state index contributed by atoms with van der Waals surface area (Å²) in [5, 5.41) is 12.6. The van der Waals surface area contributed by atoms with Crippen molar-refractivity contribution in [1.82, 2.24) is 4.98 Å². The maximum Gasteiger partial charge on any atom is 0.326 e. The fourth-order valence-electron chi connectivity index (χ4n) is 1.38. The van der Waals surface area contributed by atoms with Crippen LogP contribution < -0.4 is 5.32 Å². The van der Waals surface area contributed by atoms with E-state index in [1.807, 2.05) is 13.8 Å². The van der Waals surface area contributed by atoms with Gasteiger partial charge in [-0.15, -0.1) is 0 Å². The van der Waals surface area contributed by atoms with Crippen LogP contribution in [0.2, 0.25) is 10.0 Å². The first-order valence-corrected chi connectivity index (χ1v) is 5.96. The molecule has 0 aromatic carbocycles. The van der Waals surface area contributed by atoms with Gasteiger partial charge in [0.2, 0.25) is 0 Å². The number of rotatable bonds is 5. The van der Waals surface area contributed by atoms with Crippen LogP contribution in [0, 0.1) is 5.92 Å². The molecule has 0 saturated heterocycles. The van der Waals surface area contributed by atoms with Gasteiger partial charge in [0.1, 0.15) is 11.9 Å². The molecule has 0 fully saturated rings. The van der Waals surface area contributed by atoms with Crippen molar-refractivity contribution in [1.29, 1.82) is 0 Å². The Morgan fingerprint density at radius 3 is 2.65 bits per heavy atom. The summed E-state index contributed by atoms with van der Waals surface area (Å²) in [6.07, 6.45) is 1.92. The van der Waals surface area contributed by atoms with Gasteiger partial charge in [0.15, 0.2) is 0 Å². The lowest BCUT2D eigenvalue weighted by Crippen LogP contribution is -2.31. The molecule has 1 heterocycles. The van der Waals surface area contributed by atoms with Crippen LogP contribution in [0.1, 0.15) is 20.3 Å². The third-order valence-corrected chi connectivity index (χ3v) is 2.62. The molecule has 1 rings (SSSR count). The zero-order chi connectivity index (χ0) is 13.0. The molecular weight excluding hydrogens is 263 g/mol. The van der Waals surface area contributed by atoms with Gasteiger partial charge in [0, 0.05) is 6.20 Å². The Bertz CT molecular complexity index is 410. The molecule has 6 heteroatoms. The van der Waals surface area contributed by atoms with Gasteiger partial charge in [-0.2, -0.15) is 0 Å². The molecule has 0 bridgehead atoms. The fourth-order valence-corrected chi connectivity index (χ4v) is 1.81. The zero-order valence-corrected chi connectivity index (χ0v) is 11.1. The van der Waals surface area contributed by atoms with Gasteiger partial charge in [0.05, 0.1) is 10.0 Å².